The number of aromatic nitrogens is 4. The minimum Gasteiger partial charge on any atom is -0.355 e. The number of fused-ring (bicyclic) bond motifs is 1. The van der Waals surface area contributed by atoms with Crippen LogP contribution in [0.25, 0.3) is 10.2 Å². The standard InChI is InChI=1S/C17H22N6S2/c1-11-9-24-16-15(11)19-10-20-17(16)23-7-4-13(5-8-23)18-6-3-14-22-21-12(2)25-14/h9-10,13,18H,3-8H2,1-2H3. The third kappa shape index (κ3) is 3.65. The van der Waals surface area contributed by atoms with Crippen LogP contribution in [0.1, 0.15) is 28.4 Å². The van der Waals surface area contributed by atoms with E-state index in [4.69, 9.17) is 0 Å². The van der Waals surface area contributed by atoms with Crippen molar-refractivity contribution in [1.29, 1.82) is 0 Å². The Morgan fingerprint density at radius 3 is 2.80 bits per heavy atom. The third-order valence-electron chi connectivity index (χ3n) is 4.65. The van der Waals surface area contributed by atoms with Crippen LogP contribution in [0.2, 0.25) is 0 Å². The summed E-state index contributed by atoms with van der Waals surface area (Å²) in [6, 6.07) is 0.577. The quantitative estimate of drug-likeness (QED) is 0.741. The van der Waals surface area contributed by atoms with Crippen LogP contribution in [0.5, 0.6) is 0 Å². The zero-order valence-corrected chi connectivity index (χ0v) is 16.2. The van der Waals surface area contributed by atoms with E-state index in [9.17, 15) is 0 Å². The lowest BCUT2D eigenvalue weighted by Crippen LogP contribution is -2.43. The van der Waals surface area contributed by atoms with Crippen molar-refractivity contribution in [2.24, 2.45) is 0 Å². The van der Waals surface area contributed by atoms with Crippen LogP contribution in [0.15, 0.2) is 11.7 Å². The van der Waals surface area contributed by atoms with Crippen molar-refractivity contribution in [1.82, 2.24) is 25.5 Å². The highest BCUT2D eigenvalue weighted by Crippen LogP contribution is 2.32. The van der Waals surface area contributed by atoms with E-state index in [0.29, 0.717) is 6.04 Å². The van der Waals surface area contributed by atoms with Gasteiger partial charge in [0.05, 0.1) is 10.2 Å². The Labute approximate surface area is 155 Å². The van der Waals surface area contributed by atoms with Crippen LogP contribution in [0.3, 0.4) is 0 Å². The molecule has 0 saturated carbocycles. The molecule has 25 heavy (non-hydrogen) atoms. The Balaban J connectivity index is 1.32. The average Bonchev–Trinajstić information content (AvgIpc) is 3.22. The molecule has 3 aromatic heterocycles. The molecule has 1 aliphatic heterocycles. The van der Waals surface area contributed by atoms with Crippen LogP contribution in [-0.2, 0) is 6.42 Å². The highest BCUT2D eigenvalue weighted by molar-refractivity contribution is 7.18. The minimum absolute atomic E-state index is 0.577. The van der Waals surface area contributed by atoms with Gasteiger partial charge in [0, 0.05) is 32.1 Å². The van der Waals surface area contributed by atoms with Crippen LogP contribution in [0.4, 0.5) is 5.82 Å². The molecule has 0 bridgehead atoms. The number of thiophene rings is 1. The van der Waals surface area contributed by atoms with Gasteiger partial charge >= 0.3 is 0 Å². The van der Waals surface area contributed by atoms with Gasteiger partial charge < -0.3 is 10.2 Å². The summed E-state index contributed by atoms with van der Waals surface area (Å²) in [7, 11) is 0. The predicted octanol–water partition coefficient (Wildman–Crippen LogP) is 2.96. The summed E-state index contributed by atoms with van der Waals surface area (Å²) in [5.41, 5.74) is 2.34. The molecule has 0 aliphatic carbocycles. The highest BCUT2D eigenvalue weighted by Gasteiger charge is 2.22. The maximum Gasteiger partial charge on any atom is 0.150 e. The van der Waals surface area contributed by atoms with Gasteiger partial charge in [-0.15, -0.1) is 32.9 Å². The zero-order chi connectivity index (χ0) is 17.2. The number of hydrogen-bond acceptors (Lipinski definition) is 8. The molecule has 0 aromatic carbocycles. The van der Waals surface area contributed by atoms with E-state index in [1.807, 2.05) is 6.92 Å². The third-order valence-corrected chi connectivity index (χ3v) is 6.63. The average molecular weight is 375 g/mol. The second-order valence-electron chi connectivity index (χ2n) is 6.47. The molecule has 1 saturated heterocycles. The first kappa shape index (κ1) is 16.8. The molecule has 8 heteroatoms. The van der Waals surface area contributed by atoms with Crippen molar-refractivity contribution in [3.8, 4) is 0 Å². The fourth-order valence-corrected chi connectivity index (χ4v) is 5.03. The molecule has 4 rings (SSSR count). The number of aryl methyl sites for hydroxylation is 2. The molecule has 1 aliphatic rings. The molecule has 0 radical (unpaired) electrons. The number of piperidine rings is 1. The first-order valence-corrected chi connectivity index (χ1v) is 10.4. The summed E-state index contributed by atoms with van der Waals surface area (Å²) in [6.45, 7) is 7.17. The van der Waals surface area contributed by atoms with E-state index in [1.54, 1.807) is 29.0 Å². The van der Waals surface area contributed by atoms with Crippen LogP contribution in [0, 0.1) is 13.8 Å². The molecule has 0 atom stereocenters. The molecule has 1 fully saturated rings. The van der Waals surface area contributed by atoms with Gasteiger partial charge in [-0.1, -0.05) is 0 Å². The summed E-state index contributed by atoms with van der Waals surface area (Å²) >= 11 is 3.45. The second kappa shape index (κ2) is 7.31. The van der Waals surface area contributed by atoms with E-state index in [-0.39, 0.29) is 0 Å². The Hall–Kier alpha value is -1.64. The maximum absolute atomic E-state index is 4.56. The molecule has 0 amide bonds. The first-order valence-electron chi connectivity index (χ1n) is 8.67. The normalized spacial score (nSPS) is 16.0. The Bertz CT molecular complexity index is 850. The van der Waals surface area contributed by atoms with Crippen LogP contribution < -0.4 is 10.2 Å². The lowest BCUT2D eigenvalue weighted by atomic mass is 10.0. The van der Waals surface area contributed by atoms with Gasteiger partial charge in [0.15, 0.2) is 0 Å². The van der Waals surface area contributed by atoms with Crippen LogP contribution >= 0.6 is 22.7 Å². The smallest absolute Gasteiger partial charge is 0.150 e. The van der Waals surface area contributed by atoms with Gasteiger partial charge in [-0.25, -0.2) is 9.97 Å². The summed E-state index contributed by atoms with van der Waals surface area (Å²) in [4.78, 5) is 11.4. The molecular formula is C17H22N6S2. The summed E-state index contributed by atoms with van der Waals surface area (Å²) < 4.78 is 1.22. The van der Waals surface area contributed by atoms with Crippen molar-refractivity contribution in [3.05, 3.63) is 27.3 Å². The lowest BCUT2D eigenvalue weighted by Gasteiger charge is -2.33. The van der Waals surface area contributed by atoms with Gasteiger partial charge in [0.1, 0.15) is 22.2 Å². The van der Waals surface area contributed by atoms with Crippen molar-refractivity contribution >= 4 is 38.7 Å². The van der Waals surface area contributed by atoms with E-state index in [0.717, 1.165) is 60.2 Å². The summed E-state index contributed by atoms with van der Waals surface area (Å²) in [6.07, 6.45) is 4.95. The van der Waals surface area contributed by atoms with Gasteiger partial charge in [-0.05, 0) is 37.6 Å². The molecule has 4 heterocycles. The molecule has 0 spiro atoms. The van der Waals surface area contributed by atoms with Crippen molar-refractivity contribution in [2.75, 3.05) is 24.5 Å². The highest BCUT2D eigenvalue weighted by atomic mass is 32.1. The number of hydrogen-bond donors (Lipinski definition) is 1. The number of nitrogens with zero attached hydrogens (tertiary/aromatic N) is 5. The molecule has 132 valence electrons. The minimum atomic E-state index is 0.577. The topological polar surface area (TPSA) is 66.8 Å². The molecule has 3 aromatic rings. The lowest BCUT2D eigenvalue weighted by molar-refractivity contribution is 0.416. The molecule has 6 nitrogen and oxygen atoms in total. The Kier molecular flexibility index (Phi) is 4.91. The summed E-state index contributed by atoms with van der Waals surface area (Å²) in [5, 5.41) is 16.3. The fraction of sp³-hybridized carbons (Fsp3) is 0.529. The Morgan fingerprint density at radius 1 is 1.20 bits per heavy atom. The van der Waals surface area contributed by atoms with Gasteiger partial charge in [0.25, 0.3) is 0 Å². The predicted molar refractivity (Wildman–Crippen MR) is 104 cm³/mol. The largest absolute Gasteiger partial charge is 0.355 e. The first-order chi connectivity index (χ1) is 12.2. The van der Waals surface area contributed by atoms with Gasteiger partial charge in [-0.2, -0.15) is 0 Å². The SMILES string of the molecule is Cc1nnc(CCNC2CCN(c3ncnc4c(C)csc34)CC2)s1. The van der Waals surface area contributed by atoms with Gasteiger partial charge in [0.2, 0.25) is 0 Å². The maximum atomic E-state index is 4.56. The van der Waals surface area contributed by atoms with E-state index >= 15 is 0 Å². The van der Waals surface area contributed by atoms with Crippen LogP contribution in [-0.4, -0.2) is 45.8 Å². The van der Waals surface area contributed by atoms with Crippen molar-refractivity contribution in [2.45, 2.75) is 39.2 Å². The molecule has 0 unspecified atom stereocenters. The van der Waals surface area contributed by atoms with Gasteiger partial charge in [-0.3, -0.25) is 0 Å². The molecule has 1 N–H and O–H groups in total. The number of anilines is 1. The summed E-state index contributed by atoms with van der Waals surface area (Å²) in [5.74, 6) is 1.10. The Morgan fingerprint density at radius 2 is 2.04 bits per heavy atom. The van der Waals surface area contributed by atoms with E-state index in [1.165, 1.54) is 10.3 Å². The monoisotopic (exact) mass is 374 g/mol. The number of nitrogens with one attached hydrogen (secondary N) is 1. The zero-order valence-electron chi connectivity index (χ0n) is 14.5. The van der Waals surface area contributed by atoms with E-state index < -0.39 is 0 Å². The van der Waals surface area contributed by atoms with Crippen molar-refractivity contribution in [3.63, 3.8) is 0 Å². The van der Waals surface area contributed by atoms with Crippen molar-refractivity contribution < 1.29 is 0 Å². The fourth-order valence-electron chi connectivity index (χ4n) is 3.30. The molecular weight excluding hydrogens is 352 g/mol. The van der Waals surface area contributed by atoms with E-state index in [2.05, 4.69) is 42.7 Å². The second-order valence-corrected chi connectivity index (χ2v) is 8.62. The number of rotatable bonds is 5.